The van der Waals surface area contributed by atoms with Gasteiger partial charge in [-0.3, -0.25) is 14.3 Å². The van der Waals surface area contributed by atoms with Crippen LogP contribution < -0.4 is 0 Å². The summed E-state index contributed by atoms with van der Waals surface area (Å²) in [4.78, 5) is 22.8. The first-order valence-corrected chi connectivity index (χ1v) is 5.61. The lowest BCUT2D eigenvalue weighted by atomic mass is 9.75. The molecule has 0 fully saturated rings. The molecule has 1 N–H and O–H groups in total. The number of aryl methyl sites for hydroxylation is 1. The number of hydrogen-bond donors (Lipinski definition) is 1. The predicted octanol–water partition coefficient (Wildman–Crippen LogP) is 1.43. The molecule has 1 aliphatic carbocycles. The van der Waals surface area contributed by atoms with Crippen LogP contribution in [0.15, 0.2) is 0 Å². The van der Waals surface area contributed by atoms with Gasteiger partial charge in [-0.2, -0.15) is 5.10 Å². The largest absolute Gasteiger partial charge is 0.480 e. The van der Waals surface area contributed by atoms with Crippen LogP contribution in [0.1, 0.15) is 42.0 Å². The number of aromatic nitrogens is 2. The van der Waals surface area contributed by atoms with Crippen molar-refractivity contribution in [1.29, 1.82) is 0 Å². The number of nitrogens with zero attached hydrogens (tertiary/aromatic N) is 2. The molecule has 0 bridgehead atoms. The third kappa shape index (κ3) is 2.09. The summed E-state index contributed by atoms with van der Waals surface area (Å²) in [6, 6.07) is 0. The van der Waals surface area contributed by atoms with Gasteiger partial charge in [0.25, 0.3) is 0 Å². The Hall–Kier alpha value is -1.65. The van der Waals surface area contributed by atoms with Gasteiger partial charge >= 0.3 is 5.97 Å². The molecule has 0 aliphatic heterocycles. The Morgan fingerprint density at radius 3 is 2.71 bits per heavy atom. The van der Waals surface area contributed by atoms with Crippen LogP contribution in [0.4, 0.5) is 0 Å². The van der Waals surface area contributed by atoms with Crippen LogP contribution >= 0.6 is 0 Å². The van der Waals surface area contributed by atoms with E-state index in [9.17, 15) is 9.59 Å². The Labute approximate surface area is 99.4 Å². The van der Waals surface area contributed by atoms with Crippen LogP contribution in [0.25, 0.3) is 0 Å². The molecule has 0 radical (unpaired) electrons. The summed E-state index contributed by atoms with van der Waals surface area (Å²) in [6.45, 7) is 5.61. The first kappa shape index (κ1) is 11.8. The topological polar surface area (TPSA) is 72.2 Å². The van der Waals surface area contributed by atoms with Crippen molar-refractivity contribution >= 4 is 11.8 Å². The molecule has 0 spiro atoms. The van der Waals surface area contributed by atoms with Crippen LogP contribution in [0, 0.1) is 12.3 Å². The molecule has 0 amide bonds. The molecule has 92 valence electrons. The molecule has 1 aromatic rings. The molecule has 0 saturated carbocycles. The lowest BCUT2D eigenvalue weighted by Crippen LogP contribution is -2.29. The van der Waals surface area contributed by atoms with Gasteiger partial charge in [-0.15, -0.1) is 0 Å². The number of fused-ring (bicyclic) bond motifs is 1. The highest BCUT2D eigenvalue weighted by molar-refractivity contribution is 5.99. The van der Waals surface area contributed by atoms with E-state index in [0.717, 1.165) is 5.69 Å². The predicted molar refractivity (Wildman–Crippen MR) is 61.0 cm³/mol. The maximum Gasteiger partial charge on any atom is 0.325 e. The van der Waals surface area contributed by atoms with Crippen molar-refractivity contribution in [2.24, 2.45) is 5.41 Å². The third-order valence-corrected chi connectivity index (χ3v) is 3.08. The summed E-state index contributed by atoms with van der Waals surface area (Å²) in [7, 11) is 0. The van der Waals surface area contributed by atoms with Gasteiger partial charge in [0.05, 0.1) is 17.0 Å². The van der Waals surface area contributed by atoms with Gasteiger partial charge in [0.1, 0.15) is 6.54 Å². The van der Waals surface area contributed by atoms with E-state index in [0.29, 0.717) is 24.1 Å². The monoisotopic (exact) mass is 236 g/mol. The number of Topliss-reactive ketones (excluding diaryl/α,β-unsaturated/α-hetero) is 1. The highest BCUT2D eigenvalue weighted by atomic mass is 16.4. The molecular formula is C12H16N2O3. The SMILES string of the molecule is Cc1nn(CC(=O)O)c2c1C(=O)CC(C)(C)C2. The van der Waals surface area contributed by atoms with Crippen LogP contribution in [0.3, 0.4) is 0 Å². The molecule has 2 rings (SSSR count). The molecule has 0 atom stereocenters. The number of carboxylic acid groups (broad SMARTS) is 1. The Bertz CT molecular complexity index is 500. The fourth-order valence-corrected chi connectivity index (χ4v) is 2.47. The van der Waals surface area contributed by atoms with E-state index < -0.39 is 5.97 Å². The van der Waals surface area contributed by atoms with E-state index in [4.69, 9.17) is 5.11 Å². The zero-order valence-corrected chi connectivity index (χ0v) is 10.3. The van der Waals surface area contributed by atoms with E-state index in [1.807, 2.05) is 13.8 Å². The number of carbonyl (C=O) groups is 2. The quantitative estimate of drug-likeness (QED) is 0.843. The molecule has 1 aliphatic rings. The van der Waals surface area contributed by atoms with Gasteiger partial charge in [0, 0.05) is 6.42 Å². The van der Waals surface area contributed by atoms with Crippen LogP contribution in [-0.2, 0) is 17.8 Å². The standard InChI is InChI=1S/C12H16N2O3/c1-7-11-8(14(13-7)6-10(16)17)4-12(2,3)5-9(11)15/h4-6H2,1-3H3,(H,16,17). The normalized spacial score (nSPS) is 17.9. The van der Waals surface area contributed by atoms with Crippen molar-refractivity contribution in [1.82, 2.24) is 9.78 Å². The van der Waals surface area contributed by atoms with Gasteiger partial charge in [0.2, 0.25) is 0 Å². The Kier molecular flexibility index (Phi) is 2.56. The molecular weight excluding hydrogens is 220 g/mol. The van der Waals surface area contributed by atoms with Crippen molar-refractivity contribution in [3.63, 3.8) is 0 Å². The summed E-state index contributed by atoms with van der Waals surface area (Å²) in [6.07, 6.45) is 1.20. The molecule has 0 unspecified atom stereocenters. The van der Waals surface area contributed by atoms with E-state index in [1.54, 1.807) is 6.92 Å². The van der Waals surface area contributed by atoms with Gasteiger partial charge in [-0.1, -0.05) is 13.8 Å². The summed E-state index contributed by atoms with van der Waals surface area (Å²) < 4.78 is 1.45. The minimum absolute atomic E-state index is 0.0744. The molecule has 0 aromatic carbocycles. The van der Waals surface area contributed by atoms with Gasteiger partial charge in [-0.05, 0) is 18.8 Å². The van der Waals surface area contributed by atoms with Crippen molar-refractivity contribution in [3.8, 4) is 0 Å². The van der Waals surface area contributed by atoms with Crippen LogP contribution in [-0.4, -0.2) is 26.6 Å². The number of ketones is 1. The molecule has 0 saturated heterocycles. The zero-order chi connectivity index (χ0) is 12.8. The van der Waals surface area contributed by atoms with Crippen molar-refractivity contribution in [2.45, 2.75) is 40.2 Å². The highest BCUT2D eigenvalue weighted by Gasteiger charge is 2.35. The van der Waals surface area contributed by atoms with E-state index >= 15 is 0 Å². The zero-order valence-electron chi connectivity index (χ0n) is 10.3. The molecule has 5 heteroatoms. The fraction of sp³-hybridized carbons (Fsp3) is 0.583. The number of carbonyl (C=O) groups excluding carboxylic acids is 1. The van der Waals surface area contributed by atoms with Crippen molar-refractivity contribution in [2.75, 3.05) is 0 Å². The second kappa shape index (κ2) is 3.68. The lowest BCUT2D eigenvalue weighted by Gasteiger charge is -2.28. The number of hydrogen-bond acceptors (Lipinski definition) is 3. The Morgan fingerprint density at radius 1 is 1.47 bits per heavy atom. The van der Waals surface area contributed by atoms with E-state index in [1.165, 1.54) is 4.68 Å². The Morgan fingerprint density at radius 2 is 2.12 bits per heavy atom. The summed E-state index contributed by atoms with van der Waals surface area (Å²) in [5.41, 5.74) is 1.92. The molecule has 1 aromatic heterocycles. The summed E-state index contributed by atoms with van der Waals surface area (Å²) >= 11 is 0. The first-order chi connectivity index (χ1) is 7.80. The van der Waals surface area contributed by atoms with Crippen LogP contribution in [0.2, 0.25) is 0 Å². The van der Waals surface area contributed by atoms with Gasteiger partial charge in [-0.25, -0.2) is 0 Å². The second-order valence-electron chi connectivity index (χ2n) is 5.40. The average Bonchev–Trinajstić information content (AvgIpc) is 2.39. The number of rotatable bonds is 2. The number of aliphatic carboxylic acids is 1. The van der Waals surface area contributed by atoms with Crippen molar-refractivity contribution in [3.05, 3.63) is 17.0 Å². The lowest BCUT2D eigenvalue weighted by molar-refractivity contribution is -0.138. The minimum atomic E-state index is -0.939. The smallest absolute Gasteiger partial charge is 0.325 e. The van der Waals surface area contributed by atoms with Gasteiger partial charge < -0.3 is 5.11 Å². The number of carboxylic acids is 1. The Balaban J connectivity index is 2.50. The van der Waals surface area contributed by atoms with E-state index in [-0.39, 0.29) is 17.7 Å². The van der Waals surface area contributed by atoms with Crippen molar-refractivity contribution < 1.29 is 14.7 Å². The maximum atomic E-state index is 12.0. The molecule has 5 nitrogen and oxygen atoms in total. The maximum absolute atomic E-state index is 12.0. The average molecular weight is 236 g/mol. The summed E-state index contributed by atoms with van der Waals surface area (Å²) in [5, 5.41) is 13.0. The molecule has 1 heterocycles. The first-order valence-electron chi connectivity index (χ1n) is 5.61. The minimum Gasteiger partial charge on any atom is -0.480 e. The van der Waals surface area contributed by atoms with Crippen LogP contribution in [0.5, 0.6) is 0 Å². The third-order valence-electron chi connectivity index (χ3n) is 3.08. The van der Waals surface area contributed by atoms with E-state index in [2.05, 4.69) is 5.10 Å². The molecule has 17 heavy (non-hydrogen) atoms. The van der Waals surface area contributed by atoms with Gasteiger partial charge in [0.15, 0.2) is 5.78 Å². The summed E-state index contributed by atoms with van der Waals surface area (Å²) in [5.74, 6) is -0.864. The second-order valence-corrected chi connectivity index (χ2v) is 5.40. The highest BCUT2D eigenvalue weighted by Crippen LogP contribution is 2.35. The fourth-order valence-electron chi connectivity index (χ4n) is 2.47.